The van der Waals surface area contributed by atoms with E-state index < -0.39 is 0 Å². The van der Waals surface area contributed by atoms with Gasteiger partial charge in [0.1, 0.15) is 6.10 Å². The van der Waals surface area contributed by atoms with E-state index in [9.17, 15) is 4.79 Å². The summed E-state index contributed by atoms with van der Waals surface area (Å²) in [6.45, 7) is 2.68. The maximum Gasteiger partial charge on any atom is 0.162 e. The highest BCUT2D eigenvalue weighted by molar-refractivity contribution is 6.00. The average Bonchev–Trinajstić information content (AvgIpc) is 3.48. The van der Waals surface area contributed by atoms with Crippen LogP contribution in [0.5, 0.6) is 0 Å². The number of hydrogen-bond acceptors (Lipinski definition) is 5. The minimum Gasteiger partial charge on any atom is -0.376 e. The summed E-state index contributed by atoms with van der Waals surface area (Å²) in [6, 6.07) is 20.2. The number of fused-ring (bicyclic) bond motifs is 1. The minimum absolute atomic E-state index is 0.122. The fourth-order valence-corrected chi connectivity index (χ4v) is 4.78. The standard InChI is InChI=1S/C26H28O5/c27-22-11-20-15-29-16-21(20)26(22)24-12-23(30-14-19-9-5-2-6-10-19)25(31-24)17-28-13-18-7-3-1-4-8-18/h1-10,20,23-25H,11-17H2/t20-,23+,24-,25-/m1/s1. The van der Waals surface area contributed by atoms with Crippen molar-refractivity contribution >= 4 is 5.78 Å². The molecule has 2 saturated heterocycles. The molecule has 31 heavy (non-hydrogen) atoms. The lowest BCUT2D eigenvalue weighted by atomic mass is 10.00. The topological polar surface area (TPSA) is 54.0 Å². The Morgan fingerprint density at radius 2 is 1.65 bits per heavy atom. The summed E-state index contributed by atoms with van der Waals surface area (Å²) in [5, 5.41) is 0. The highest BCUT2D eigenvalue weighted by Crippen LogP contribution is 2.40. The molecule has 3 aliphatic rings. The van der Waals surface area contributed by atoms with Gasteiger partial charge in [-0.15, -0.1) is 0 Å². The van der Waals surface area contributed by atoms with Gasteiger partial charge < -0.3 is 18.9 Å². The molecule has 0 aromatic heterocycles. The highest BCUT2D eigenvalue weighted by atomic mass is 16.6. The normalized spacial score (nSPS) is 27.8. The third-order valence-corrected chi connectivity index (χ3v) is 6.37. The number of carbonyl (C=O) groups excluding carboxylic acids is 1. The summed E-state index contributed by atoms with van der Waals surface area (Å²) in [4.78, 5) is 12.7. The molecule has 162 valence electrons. The van der Waals surface area contributed by atoms with E-state index in [4.69, 9.17) is 18.9 Å². The Morgan fingerprint density at radius 3 is 2.39 bits per heavy atom. The van der Waals surface area contributed by atoms with Crippen molar-refractivity contribution < 1.29 is 23.7 Å². The molecule has 5 rings (SSSR count). The van der Waals surface area contributed by atoms with Crippen molar-refractivity contribution in [3.8, 4) is 0 Å². The summed E-state index contributed by atoms with van der Waals surface area (Å²) in [6.07, 6.45) is 0.655. The number of hydrogen-bond donors (Lipinski definition) is 0. The SMILES string of the molecule is O=C1C[C@@H]2COCC2=C1[C@H]1C[C@H](OCc2ccccc2)[C@@H](COCc2ccccc2)O1. The third kappa shape index (κ3) is 4.65. The zero-order chi connectivity index (χ0) is 21.0. The lowest BCUT2D eigenvalue weighted by Gasteiger charge is -2.19. The summed E-state index contributed by atoms with van der Waals surface area (Å²) < 4.78 is 24.2. The van der Waals surface area contributed by atoms with Gasteiger partial charge >= 0.3 is 0 Å². The number of ketones is 1. The molecular weight excluding hydrogens is 392 g/mol. The van der Waals surface area contributed by atoms with Gasteiger partial charge in [0.2, 0.25) is 0 Å². The van der Waals surface area contributed by atoms with Gasteiger partial charge in [-0.1, -0.05) is 60.7 Å². The van der Waals surface area contributed by atoms with Crippen LogP contribution in [0.4, 0.5) is 0 Å². The van der Waals surface area contributed by atoms with E-state index in [1.54, 1.807) is 0 Å². The second-order valence-corrected chi connectivity index (χ2v) is 8.51. The van der Waals surface area contributed by atoms with Gasteiger partial charge in [0.15, 0.2) is 5.78 Å². The van der Waals surface area contributed by atoms with Crippen molar-refractivity contribution in [1.29, 1.82) is 0 Å². The number of rotatable bonds is 8. The van der Waals surface area contributed by atoms with Crippen molar-refractivity contribution in [3.63, 3.8) is 0 Å². The van der Waals surface area contributed by atoms with Crippen molar-refractivity contribution in [3.05, 3.63) is 82.9 Å². The highest BCUT2D eigenvalue weighted by Gasteiger charge is 2.45. The van der Waals surface area contributed by atoms with E-state index in [0.717, 1.165) is 22.3 Å². The molecule has 0 bridgehead atoms. The molecule has 2 heterocycles. The van der Waals surface area contributed by atoms with E-state index >= 15 is 0 Å². The second-order valence-electron chi connectivity index (χ2n) is 8.51. The molecule has 2 aliphatic heterocycles. The minimum atomic E-state index is -0.236. The van der Waals surface area contributed by atoms with Crippen LogP contribution in [-0.4, -0.2) is 43.9 Å². The Morgan fingerprint density at radius 1 is 0.935 bits per heavy atom. The van der Waals surface area contributed by atoms with Crippen LogP contribution >= 0.6 is 0 Å². The lowest BCUT2D eigenvalue weighted by Crippen LogP contribution is -2.29. The van der Waals surface area contributed by atoms with E-state index in [0.29, 0.717) is 45.9 Å². The Labute approximate surface area is 183 Å². The monoisotopic (exact) mass is 420 g/mol. The van der Waals surface area contributed by atoms with Crippen LogP contribution < -0.4 is 0 Å². The van der Waals surface area contributed by atoms with Gasteiger partial charge in [0.05, 0.1) is 45.2 Å². The predicted molar refractivity (Wildman–Crippen MR) is 115 cm³/mol. The van der Waals surface area contributed by atoms with Crippen LogP contribution in [0.15, 0.2) is 71.8 Å². The maximum absolute atomic E-state index is 12.7. The van der Waals surface area contributed by atoms with Crippen LogP contribution in [0.3, 0.4) is 0 Å². The number of Topliss-reactive ketones (excluding diaryl/α,β-unsaturated/α-hetero) is 1. The van der Waals surface area contributed by atoms with Gasteiger partial charge in [-0.3, -0.25) is 4.79 Å². The quantitative estimate of drug-likeness (QED) is 0.649. The summed E-state index contributed by atoms with van der Waals surface area (Å²) in [7, 11) is 0. The fourth-order valence-electron chi connectivity index (χ4n) is 4.78. The molecule has 0 N–H and O–H groups in total. The van der Waals surface area contributed by atoms with Gasteiger partial charge in [-0.25, -0.2) is 0 Å². The van der Waals surface area contributed by atoms with E-state index in [-0.39, 0.29) is 30.0 Å². The Bertz CT molecular complexity index is 923. The number of carbonyl (C=O) groups is 1. The van der Waals surface area contributed by atoms with Gasteiger partial charge in [-0.05, 0) is 16.7 Å². The van der Waals surface area contributed by atoms with E-state index in [2.05, 4.69) is 12.1 Å². The molecule has 0 unspecified atom stereocenters. The number of ether oxygens (including phenoxy) is 4. The van der Waals surface area contributed by atoms with E-state index in [1.807, 2.05) is 48.5 Å². The Balaban J connectivity index is 1.27. The smallest absolute Gasteiger partial charge is 0.162 e. The van der Waals surface area contributed by atoms with E-state index in [1.165, 1.54) is 0 Å². The first kappa shape index (κ1) is 20.6. The zero-order valence-electron chi connectivity index (χ0n) is 17.6. The molecule has 2 aromatic rings. The average molecular weight is 421 g/mol. The first-order chi connectivity index (χ1) is 15.3. The zero-order valence-corrected chi connectivity index (χ0v) is 17.6. The molecule has 2 fully saturated rings. The summed E-state index contributed by atoms with van der Waals surface area (Å²) in [5.41, 5.74) is 4.22. The predicted octanol–water partition coefficient (Wildman–Crippen LogP) is 3.86. The molecule has 5 heteroatoms. The second kappa shape index (κ2) is 9.45. The largest absolute Gasteiger partial charge is 0.376 e. The molecule has 1 aliphatic carbocycles. The molecule has 0 amide bonds. The van der Waals surface area contributed by atoms with Crippen LogP contribution in [0.2, 0.25) is 0 Å². The van der Waals surface area contributed by atoms with Crippen LogP contribution in [0.1, 0.15) is 24.0 Å². The summed E-state index contributed by atoms with van der Waals surface area (Å²) >= 11 is 0. The van der Waals surface area contributed by atoms with Crippen molar-refractivity contribution in [1.82, 2.24) is 0 Å². The third-order valence-electron chi connectivity index (χ3n) is 6.37. The number of benzene rings is 2. The van der Waals surface area contributed by atoms with Crippen molar-refractivity contribution in [2.75, 3.05) is 19.8 Å². The van der Waals surface area contributed by atoms with Gasteiger partial charge in [-0.2, -0.15) is 0 Å². The van der Waals surface area contributed by atoms with Crippen LogP contribution in [0.25, 0.3) is 0 Å². The van der Waals surface area contributed by atoms with Crippen molar-refractivity contribution in [2.45, 2.75) is 44.4 Å². The molecule has 0 saturated carbocycles. The van der Waals surface area contributed by atoms with Crippen molar-refractivity contribution in [2.24, 2.45) is 5.92 Å². The molecule has 4 atom stereocenters. The molecule has 5 nitrogen and oxygen atoms in total. The first-order valence-corrected chi connectivity index (χ1v) is 11.0. The van der Waals surface area contributed by atoms with Gasteiger partial charge in [0, 0.05) is 24.3 Å². The Hall–Kier alpha value is -2.31. The Kier molecular flexibility index (Phi) is 6.27. The lowest BCUT2D eigenvalue weighted by molar-refractivity contribution is -0.117. The fraction of sp³-hybridized carbons (Fsp3) is 0.423. The maximum atomic E-state index is 12.7. The van der Waals surface area contributed by atoms with Gasteiger partial charge in [0.25, 0.3) is 0 Å². The molecule has 0 spiro atoms. The summed E-state index contributed by atoms with van der Waals surface area (Å²) in [5.74, 6) is 0.448. The molecular formula is C26H28O5. The first-order valence-electron chi connectivity index (χ1n) is 11.0. The van der Waals surface area contributed by atoms with Crippen LogP contribution in [0, 0.1) is 5.92 Å². The molecule has 0 radical (unpaired) electrons. The molecule has 2 aromatic carbocycles. The van der Waals surface area contributed by atoms with Crippen LogP contribution in [-0.2, 0) is 37.0 Å².